The van der Waals surface area contributed by atoms with Crippen molar-refractivity contribution in [1.82, 2.24) is 0 Å². The Bertz CT molecular complexity index is 506. The normalized spacial score (nSPS) is 11.5. The van der Waals surface area contributed by atoms with E-state index in [9.17, 15) is 4.79 Å². The van der Waals surface area contributed by atoms with Gasteiger partial charge in [0.25, 0.3) is 0 Å². The van der Waals surface area contributed by atoms with Crippen LogP contribution < -0.4 is 0 Å². The first kappa shape index (κ1) is 14.7. The first-order chi connectivity index (χ1) is 9.25. The zero-order chi connectivity index (χ0) is 13.9. The molecule has 0 aliphatic carbocycles. The van der Waals surface area contributed by atoms with Crippen LogP contribution in [0, 0.1) is 24.2 Å². The van der Waals surface area contributed by atoms with Gasteiger partial charge in [-0.3, -0.25) is 4.79 Å². The number of unbranched alkanes of at least 4 members (excludes halogenated alkanes) is 2. The lowest BCUT2D eigenvalue weighted by molar-refractivity contribution is -0.139. The minimum absolute atomic E-state index is 0.517. The molecule has 0 fully saturated rings. The molecule has 1 rings (SSSR count). The molecule has 1 heterocycles. The molecule has 1 N–H and O–H groups in total. The van der Waals surface area contributed by atoms with Crippen LogP contribution in [0.3, 0.4) is 0 Å². The van der Waals surface area contributed by atoms with Crippen LogP contribution in [0.1, 0.15) is 37.4 Å². The highest BCUT2D eigenvalue weighted by atomic mass is 16.4. The summed E-state index contributed by atoms with van der Waals surface area (Å²) in [4.78, 5) is 11.1. The molecular weight excluding hydrogens is 240 g/mol. The standard InChI is InChI=1S/C16H16O3/c1-2-3-4-5-6-7-8-9-11-14(16(17)18)15-12-10-13-19-15/h1,5-6,10,12-14H,7-9,11H2,(H,17,18). The van der Waals surface area contributed by atoms with Crippen LogP contribution in [-0.4, -0.2) is 11.1 Å². The van der Waals surface area contributed by atoms with Gasteiger partial charge >= 0.3 is 5.97 Å². The lowest BCUT2D eigenvalue weighted by atomic mass is 9.99. The first-order valence-corrected chi connectivity index (χ1v) is 6.13. The predicted molar refractivity (Wildman–Crippen MR) is 73.3 cm³/mol. The van der Waals surface area contributed by atoms with Gasteiger partial charge in [0.15, 0.2) is 0 Å². The number of carbonyl (C=O) groups is 1. The van der Waals surface area contributed by atoms with Crippen molar-refractivity contribution >= 4 is 5.97 Å². The summed E-state index contributed by atoms with van der Waals surface area (Å²) in [6.45, 7) is 0. The number of hydrogen-bond acceptors (Lipinski definition) is 2. The topological polar surface area (TPSA) is 50.4 Å². The highest BCUT2D eigenvalue weighted by Gasteiger charge is 2.21. The van der Waals surface area contributed by atoms with Crippen molar-refractivity contribution in [2.45, 2.75) is 31.6 Å². The molecule has 0 bridgehead atoms. The number of aliphatic carboxylic acids is 1. The third kappa shape index (κ3) is 5.66. The average molecular weight is 256 g/mol. The monoisotopic (exact) mass is 256 g/mol. The van der Waals surface area contributed by atoms with E-state index in [1.165, 1.54) is 6.26 Å². The van der Waals surface area contributed by atoms with E-state index in [1.807, 2.05) is 6.08 Å². The Hall–Kier alpha value is -2.39. The van der Waals surface area contributed by atoms with Gasteiger partial charge in [-0.05, 0) is 49.3 Å². The van der Waals surface area contributed by atoms with Gasteiger partial charge in [-0.25, -0.2) is 0 Å². The third-order valence-corrected chi connectivity index (χ3v) is 2.64. The van der Waals surface area contributed by atoms with E-state index in [0.717, 1.165) is 19.3 Å². The molecule has 19 heavy (non-hydrogen) atoms. The molecule has 98 valence electrons. The van der Waals surface area contributed by atoms with E-state index in [1.54, 1.807) is 18.2 Å². The summed E-state index contributed by atoms with van der Waals surface area (Å²) in [6, 6.07) is 3.41. The summed E-state index contributed by atoms with van der Waals surface area (Å²) < 4.78 is 5.15. The number of hydrogen-bond donors (Lipinski definition) is 1. The summed E-state index contributed by atoms with van der Waals surface area (Å²) in [5, 5.41) is 9.13. The van der Waals surface area contributed by atoms with Crippen LogP contribution in [0.25, 0.3) is 0 Å². The number of terminal acetylenes is 1. The maximum absolute atomic E-state index is 11.1. The molecule has 1 unspecified atom stereocenters. The van der Waals surface area contributed by atoms with Gasteiger partial charge in [-0.2, -0.15) is 0 Å². The van der Waals surface area contributed by atoms with E-state index >= 15 is 0 Å². The highest BCUT2D eigenvalue weighted by Crippen LogP contribution is 2.23. The van der Waals surface area contributed by atoms with Crippen molar-refractivity contribution in [3.63, 3.8) is 0 Å². The largest absolute Gasteiger partial charge is 0.481 e. The molecule has 0 saturated carbocycles. The number of allylic oxidation sites excluding steroid dienone is 2. The summed E-state index contributed by atoms with van der Waals surface area (Å²) >= 11 is 0. The van der Waals surface area contributed by atoms with Gasteiger partial charge in [0, 0.05) is 0 Å². The van der Waals surface area contributed by atoms with Crippen LogP contribution in [0.2, 0.25) is 0 Å². The number of carboxylic acids is 1. The molecule has 3 heteroatoms. The van der Waals surface area contributed by atoms with Crippen LogP contribution in [0.4, 0.5) is 0 Å². The van der Waals surface area contributed by atoms with E-state index in [0.29, 0.717) is 12.2 Å². The van der Waals surface area contributed by atoms with E-state index in [2.05, 4.69) is 17.8 Å². The minimum Gasteiger partial charge on any atom is -0.481 e. The molecule has 1 aromatic heterocycles. The second-order valence-corrected chi connectivity index (χ2v) is 4.01. The fraction of sp³-hybridized carbons (Fsp3) is 0.312. The Morgan fingerprint density at radius 2 is 2.37 bits per heavy atom. The molecular formula is C16H16O3. The molecule has 0 aliphatic heterocycles. The summed E-state index contributed by atoms with van der Waals surface area (Å²) in [7, 11) is 0. The van der Waals surface area contributed by atoms with E-state index in [4.69, 9.17) is 15.9 Å². The molecule has 0 radical (unpaired) electrons. The smallest absolute Gasteiger partial charge is 0.314 e. The van der Waals surface area contributed by atoms with Gasteiger partial charge in [0.2, 0.25) is 0 Å². The summed E-state index contributed by atoms with van der Waals surface area (Å²) in [5.41, 5.74) is 0. The maximum atomic E-state index is 11.1. The molecule has 1 atom stereocenters. The van der Waals surface area contributed by atoms with Crippen LogP contribution in [-0.2, 0) is 4.79 Å². The third-order valence-electron chi connectivity index (χ3n) is 2.64. The number of furan rings is 1. The van der Waals surface area contributed by atoms with Crippen molar-refractivity contribution in [3.8, 4) is 24.2 Å². The van der Waals surface area contributed by atoms with Crippen molar-refractivity contribution in [1.29, 1.82) is 0 Å². The van der Waals surface area contributed by atoms with Crippen LogP contribution in [0.15, 0.2) is 35.0 Å². The molecule has 0 aromatic carbocycles. The zero-order valence-electron chi connectivity index (χ0n) is 10.6. The summed E-state index contributed by atoms with van der Waals surface area (Å²) in [5.74, 6) is 6.54. The second kappa shape index (κ2) is 8.66. The Morgan fingerprint density at radius 3 is 3.00 bits per heavy atom. The van der Waals surface area contributed by atoms with E-state index < -0.39 is 11.9 Å². The fourth-order valence-electron chi connectivity index (χ4n) is 1.71. The van der Waals surface area contributed by atoms with Gasteiger partial charge in [-0.1, -0.05) is 18.4 Å². The van der Waals surface area contributed by atoms with Gasteiger partial charge in [0.1, 0.15) is 11.7 Å². The first-order valence-electron chi connectivity index (χ1n) is 6.13. The van der Waals surface area contributed by atoms with Gasteiger partial charge < -0.3 is 9.52 Å². The molecule has 0 aliphatic rings. The van der Waals surface area contributed by atoms with E-state index in [-0.39, 0.29) is 0 Å². The fourth-order valence-corrected chi connectivity index (χ4v) is 1.71. The van der Waals surface area contributed by atoms with Crippen molar-refractivity contribution in [2.75, 3.05) is 0 Å². The number of carboxylic acid groups (broad SMARTS) is 1. The van der Waals surface area contributed by atoms with Gasteiger partial charge in [-0.15, -0.1) is 6.42 Å². The minimum atomic E-state index is -0.842. The molecule has 0 spiro atoms. The molecule has 0 saturated heterocycles. The van der Waals surface area contributed by atoms with Crippen molar-refractivity contribution in [3.05, 3.63) is 36.3 Å². The lowest BCUT2D eigenvalue weighted by Gasteiger charge is -2.08. The van der Waals surface area contributed by atoms with Gasteiger partial charge in [0.05, 0.1) is 6.26 Å². The lowest BCUT2D eigenvalue weighted by Crippen LogP contribution is -2.10. The van der Waals surface area contributed by atoms with Crippen LogP contribution >= 0.6 is 0 Å². The molecule has 1 aromatic rings. The zero-order valence-corrected chi connectivity index (χ0v) is 10.6. The Labute approximate surface area is 113 Å². The highest BCUT2D eigenvalue weighted by molar-refractivity contribution is 5.75. The predicted octanol–water partition coefficient (Wildman–Crippen LogP) is 3.20. The Kier molecular flexibility index (Phi) is 6.69. The molecule has 0 amide bonds. The van der Waals surface area contributed by atoms with Crippen molar-refractivity contribution < 1.29 is 14.3 Å². The maximum Gasteiger partial charge on any atom is 0.314 e. The SMILES string of the molecule is C#CC#CC=CCCCCC(C(=O)O)c1ccco1. The second-order valence-electron chi connectivity index (χ2n) is 4.01. The Morgan fingerprint density at radius 1 is 1.53 bits per heavy atom. The van der Waals surface area contributed by atoms with Crippen molar-refractivity contribution in [2.24, 2.45) is 0 Å². The van der Waals surface area contributed by atoms with Crippen LogP contribution in [0.5, 0.6) is 0 Å². The average Bonchev–Trinajstić information content (AvgIpc) is 2.90. The molecule has 3 nitrogen and oxygen atoms in total. The Balaban J connectivity index is 2.29. The quantitative estimate of drug-likeness (QED) is 0.602. The summed E-state index contributed by atoms with van der Waals surface area (Å²) in [6.07, 6.45) is 13.3. The number of rotatable bonds is 7.